The normalized spacial score (nSPS) is 25.0. The monoisotopic (exact) mass is 230 g/mol. The summed E-state index contributed by atoms with van der Waals surface area (Å²) < 4.78 is 0. The van der Waals surface area contributed by atoms with Crippen molar-refractivity contribution in [2.45, 2.75) is 32.2 Å². The van der Waals surface area contributed by atoms with Crippen LogP contribution >= 0.6 is 12.6 Å². The molecule has 1 heterocycles. The Morgan fingerprint density at radius 2 is 2.20 bits per heavy atom. The quantitative estimate of drug-likeness (QED) is 0.697. The van der Waals surface area contributed by atoms with Crippen LogP contribution in [0.1, 0.15) is 26.2 Å². The first-order valence-electron chi connectivity index (χ1n) is 6.17. The molecule has 2 unspecified atom stereocenters. The molecule has 90 valence electrons. The Kier molecular flexibility index (Phi) is 6.02. The van der Waals surface area contributed by atoms with Crippen molar-refractivity contribution in [1.29, 1.82) is 0 Å². The third kappa shape index (κ3) is 4.33. The molecule has 1 saturated heterocycles. The Bertz CT molecular complexity index is 169. The molecule has 0 aromatic rings. The highest BCUT2D eigenvalue weighted by molar-refractivity contribution is 7.80. The zero-order valence-electron chi connectivity index (χ0n) is 10.4. The average molecular weight is 230 g/mol. The summed E-state index contributed by atoms with van der Waals surface area (Å²) in [6.07, 6.45) is 4.01. The van der Waals surface area contributed by atoms with Crippen LogP contribution in [0.15, 0.2) is 0 Å². The van der Waals surface area contributed by atoms with Gasteiger partial charge in [-0.3, -0.25) is 4.90 Å². The third-order valence-electron chi connectivity index (χ3n) is 3.40. The Morgan fingerprint density at radius 1 is 1.47 bits per heavy atom. The predicted octanol–water partition coefficient (Wildman–Crippen LogP) is 1.97. The molecule has 1 aliphatic rings. The maximum absolute atomic E-state index is 4.43. The van der Waals surface area contributed by atoms with Gasteiger partial charge in [0.1, 0.15) is 0 Å². The standard InChI is InChI=1S/C12H26N2S/c1-4-11(10-15)8-14-7-5-6-12(14)9-13(2)3/h11-12,15H,4-10H2,1-3H3. The van der Waals surface area contributed by atoms with Crippen molar-refractivity contribution >= 4 is 12.6 Å². The molecule has 1 rings (SSSR count). The van der Waals surface area contributed by atoms with E-state index in [1.807, 2.05) is 0 Å². The summed E-state index contributed by atoms with van der Waals surface area (Å²) in [5.74, 6) is 1.80. The number of likely N-dealkylation sites (tertiary alicyclic amines) is 1. The summed E-state index contributed by atoms with van der Waals surface area (Å²) in [5, 5.41) is 0. The molecule has 1 fully saturated rings. The fourth-order valence-electron chi connectivity index (χ4n) is 2.41. The van der Waals surface area contributed by atoms with E-state index in [-0.39, 0.29) is 0 Å². The maximum atomic E-state index is 4.43. The van der Waals surface area contributed by atoms with E-state index >= 15 is 0 Å². The van der Waals surface area contributed by atoms with Crippen LogP contribution in [-0.2, 0) is 0 Å². The molecule has 0 bridgehead atoms. The molecule has 0 amide bonds. The smallest absolute Gasteiger partial charge is 0.0223 e. The average Bonchev–Trinajstić information content (AvgIpc) is 2.61. The topological polar surface area (TPSA) is 6.48 Å². The molecule has 0 aromatic heterocycles. The first kappa shape index (κ1) is 13.3. The molecule has 0 aromatic carbocycles. The van der Waals surface area contributed by atoms with E-state index in [0.29, 0.717) is 0 Å². The lowest BCUT2D eigenvalue weighted by Crippen LogP contribution is -2.40. The highest BCUT2D eigenvalue weighted by Gasteiger charge is 2.26. The number of hydrogen-bond donors (Lipinski definition) is 1. The van der Waals surface area contributed by atoms with Crippen molar-refractivity contribution in [3.8, 4) is 0 Å². The number of nitrogens with zero attached hydrogens (tertiary/aromatic N) is 2. The molecule has 3 heteroatoms. The molecule has 0 radical (unpaired) electrons. The van der Waals surface area contributed by atoms with Crippen LogP contribution in [0.4, 0.5) is 0 Å². The Balaban J connectivity index is 2.38. The summed E-state index contributed by atoms with van der Waals surface area (Å²) in [4.78, 5) is 4.98. The van der Waals surface area contributed by atoms with Gasteiger partial charge in [0, 0.05) is 19.1 Å². The van der Waals surface area contributed by atoms with Gasteiger partial charge in [0.05, 0.1) is 0 Å². The second-order valence-corrected chi connectivity index (χ2v) is 5.38. The molecular weight excluding hydrogens is 204 g/mol. The van der Waals surface area contributed by atoms with E-state index in [9.17, 15) is 0 Å². The summed E-state index contributed by atoms with van der Waals surface area (Å²) in [5.41, 5.74) is 0. The number of thiol groups is 1. The number of likely N-dealkylation sites (N-methyl/N-ethyl adjacent to an activating group) is 1. The SMILES string of the molecule is CCC(CS)CN1CCCC1CN(C)C. The van der Waals surface area contributed by atoms with Gasteiger partial charge >= 0.3 is 0 Å². The fourth-order valence-corrected chi connectivity index (χ4v) is 2.79. The Hall–Kier alpha value is 0.270. The van der Waals surface area contributed by atoms with Crippen molar-refractivity contribution in [2.75, 3.05) is 39.5 Å². The molecule has 0 saturated carbocycles. The van der Waals surface area contributed by atoms with Crippen LogP contribution in [0, 0.1) is 5.92 Å². The number of rotatable bonds is 6. The Labute approximate surface area is 100 Å². The molecule has 15 heavy (non-hydrogen) atoms. The first-order valence-corrected chi connectivity index (χ1v) is 6.80. The van der Waals surface area contributed by atoms with Gasteiger partial charge in [0.15, 0.2) is 0 Å². The van der Waals surface area contributed by atoms with Crippen LogP contribution < -0.4 is 0 Å². The lowest BCUT2D eigenvalue weighted by Gasteiger charge is -2.29. The van der Waals surface area contributed by atoms with Crippen LogP contribution in [0.25, 0.3) is 0 Å². The van der Waals surface area contributed by atoms with Gasteiger partial charge in [-0.1, -0.05) is 13.3 Å². The molecule has 1 aliphatic heterocycles. The van der Waals surface area contributed by atoms with Crippen molar-refractivity contribution in [3.63, 3.8) is 0 Å². The van der Waals surface area contributed by atoms with E-state index in [0.717, 1.165) is 17.7 Å². The molecular formula is C12H26N2S. The van der Waals surface area contributed by atoms with Crippen molar-refractivity contribution < 1.29 is 0 Å². The van der Waals surface area contributed by atoms with Crippen LogP contribution in [0.3, 0.4) is 0 Å². The third-order valence-corrected chi connectivity index (χ3v) is 3.92. The highest BCUT2D eigenvalue weighted by Crippen LogP contribution is 2.20. The lowest BCUT2D eigenvalue weighted by molar-refractivity contribution is 0.185. The van der Waals surface area contributed by atoms with E-state index in [4.69, 9.17) is 0 Å². The van der Waals surface area contributed by atoms with Crippen LogP contribution in [-0.4, -0.2) is 55.3 Å². The van der Waals surface area contributed by atoms with Gasteiger partial charge < -0.3 is 4.90 Å². The molecule has 0 aliphatic carbocycles. The zero-order chi connectivity index (χ0) is 11.3. The summed E-state index contributed by atoms with van der Waals surface area (Å²) in [6.45, 7) is 6.03. The van der Waals surface area contributed by atoms with E-state index < -0.39 is 0 Å². The molecule has 0 spiro atoms. The minimum atomic E-state index is 0.774. The van der Waals surface area contributed by atoms with Gasteiger partial charge in [-0.25, -0.2) is 0 Å². The minimum Gasteiger partial charge on any atom is -0.308 e. The van der Waals surface area contributed by atoms with Crippen LogP contribution in [0.2, 0.25) is 0 Å². The second kappa shape index (κ2) is 6.77. The van der Waals surface area contributed by atoms with E-state index in [1.165, 1.54) is 38.9 Å². The first-order chi connectivity index (χ1) is 7.17. The lowest BCUT2D eigenvalue weighted by atomic mass is 10.1. The van der Waals surface area contributed by atoms with Crippen molar-refractivity contribution in [3.05, 3.63) is 0 Å². The summed E-state index contributed by atoms with van der Waals surface area (Å²) >= 11 is 4.43. The molecule has 0 N–H and O–H groups in total. The van der Waals surface area contributed by atoms with Crippen LogP contribution in [0.5, 0.6) is 0 Å². The van der Waals surface area contributed by atoms with Gasteiger partial charge in [0.2, 0.25) is 0 Å². The highest BCUT2D eigenvalue weighted by atomic mass is 32.1. The fraction of sp³-hybridized carbons (Fsp3) is 1.00. The molecule has 2 nitrogen and oxygen atoms in total. The van der Waals surface area contributed by atoms with Crippen molar-refractivity contribution in [2.24, 2.45) is 5.92 Å². The maximum Gasteiger partial charge on any atom is 0.0223 e. The van der Waals surface area contributed by atoms with E-state index in [1.54, 1.807) is 0 Å². The van der Waals surface area contributed by atoms with Gasteiger partial charge in [-0.2, -0.15) is 12.6 Å². The molecule has 2 atom stereocenters. The van der Waals surface area contributed by atoms with Crippen molar-refractivity contribution in [1.82, 2.24) is 9.80 Å². The Morgan fingerprint density at radius 3 is 2.73 bits per heavy atom. The summed E-state index contributed by atoms with van der Waals surface area (Å²) in [7, 11) is 4.35. The largest absolute Gasteiger partial charge is 0.308 e. The predicted molar refractivity (Wildman–Crippen MR) is 70.8 cm³/mol. The van der Waals surface area contributed by atoms with Gasteiger partial charge in [0.25, 0.3) is 0 Å². The number of hydrogen-bond acceptors (Lipinski definition) is 3. The second-order valence-electron chi connectivity index (χ2n) is 5.01. The summed E-state index contributed by atoms with van der Waals surface area (Å²) in [6, 6.07) is 0.786. The van der Waals surface area contributed by atoms with E-state index in [2.05, 4.69) is 43.4 Å². The van der Waals surface area contributed by atoms with Gasteiger partial charge in [-0.15, -0.1) is 0 Å². The minimum absolute atomic E-state index is 0.774. The zero-order valence-corrected chi connectivity index (χ0v) is 11.3. The van der Waals surface area contributed by atoms with Gasteiger partial charge in [-0.05, 0) is 45.2 Å².